The summed E-state index contributed by atoms with van der Waals surface area (Å²) in [6.45, 7) is 1.68. The zero-order valence-corrected chi connectivity index (χ0v) is 16.3. The minimum absolute atomic E-state index is 0. The SMILES string of the molecule is C.CC(=O)OCCc1ccc(Nc2ccc(O)c3c2C(=O)c2ccccc2C3=O)cc1. The number of hydrogen-bond acceptors (Lipinski definition) is 6. The zero-order chi connectivity index (χ0) is 21.3. The van der Waals surface area contributed by atoms with Crippen LogP contribution >= 0.6 is 0 Å². The maximum Gasteiger partial charge on any atom is 0.302 e. The van der Waals surface area contributed by atoms with Crippen LogP contribution < -0.4 is 5.32 Å². The van der Waals surface area contributed by atoms with Gasteiger partial charge in [-0.3, -0.25) is 14.4 Å². The van der Waals surface area contributed by atoms with Gasteiger partial charge >= 0.3 is 5.97 Å². The van der Waals surface area contributed by atoms with Gasteiger partial charge in [0, 0.05) is 30.2 Å². The molecule has 0 aromatic heterocycles. The number of carbonyl (C=O) groups excluding carboxylic acids is 3. The van der Waals surface area contributed by atoms with Gasteiger partial charge in [0.05, 0.1) is 23.4 Å². The molecule has 0 amide bonds. The molecular weight excluding hydrogens is 394 g/mol. The zero-order valence-electron chi connectivity index (χ0n) is 16.3. The number of ketones is 2. The Kier molecular flexibility index (Phi) is 6.20. The summed E-state index contributed by atoms with van der Waals surface area (Å²) in [5.41, 5.74) is 2.96. The number of benzene rings is 3. The molecule has 4 rings (SSSR count). The number of phenols is 1. The average molecular weight is 417 g/mol. The number of phenolic OH excluding ortho intramolecular Hbond substituents is 1. The molecule has 31 heavy (non-hydrogen) atoms. The van der Waals surface area contributed by atoms with Crippen LogP contribution in [0.3, 0.4) is 0 Å². The van der Waals surface area contributed by atoms with E-state index in [0.29, 0.717) is 29.8 Å². The summed E-state index contributed by atoms with van der Waals surface area (Å²) in [6.07, 6.45) is 0.595. The number of rotatable bonds is 5. The summed E-state index contributed by atoms with van der Waals surface area (Å²) >= 11 is 0. The van der Waals surface area contributed by atoms with Gasteiger partial charge in [0.2, 0.25) is 0 Å². The molecule has 0 fully saturated rings. The Morgan fingerprint density at radius 2 is 1.52 bits per heavy atom. The van der Waals surface area contributed by atoms with Crippen LogP contribution in [0.25, 0.3) is 0 Å². The Bertz CT molecular complexity index is 1170. The molecule has 158 valence electrons. The molecule has 6 nitrogen and oxygen atoms in total. The van der Waals surface area contributed by atoms with Crippen LogP contribution in [0.1, 0.15) is 51.8 Å². The number of hydrogen-bond donors (Lipinski definition) is 2. The number of nitrogens with one attached hydrogen (secondary N) is 1. The third-order valence-electron chi connectivity index (χ3n) is 4.98. The second-order valence-corrected chi connectivity index (χ2v) is 7.00. The lowest BCUT2D eigenvalue weighted by Gasteiger charge is -2.21. The van der Waals surface area contributed by atoms with Crippen molar-refractivity contribution in [1.29, 1.82) is 0 Å². The number of anilines is 2. The summed E-state index contributed by atoms with van der Waals surface area (Å²) in [5.74, 6) is -1.21. The first-order valence-corrected chi connectivity index (χ1v) is 9.49. The lowest BCUT2D eigenvalue weighted by atomic mass is 9.82. The molecule has 0 aliphatic heterocycles. The average Bonchev–Trinajstić information content (AvgIpc) is 2.74. The highest BCUT2D eigenvalue weighted by molar-refractivity contribution is 6.31. The minimum atomic E-state index is -0.373. The van der Waals surface area contributed by atoms with Gasteiger partial charge in [-0.25, -0.2) is 0 Å². The van der Waals surface area contributed by atoms with Crippen molar-refractivity contribution < 1.29 is 24.2 Å². The van der Waals surface area contributed by atoms with Crippen LogP contribution in [0.5, 0.6) is 5.75 Å². The molecule has 0 heterocycles. The molecule has 0 unspecified atom stereocenters. The Balaban J connectivity index is 0.00000272. The van der Waals surface area contributed by atoms with E-state index in [2.05, 4.69) is 5.32 Å². The molecule has 0 spiro atoms. The topological polar surface area (TPSA) is 92.7 Å². The maximum absolute atomic E-state index is 13.1. The van der Waals surface area contributed by atoms with Gasteiger partial charge in [0.1, 0.15) is 5.75 Å². The van der Waals surface area contributed by atoms with E-state index in [-0.39, 0.29) is 41.8 Å². The normalized spacial score (nSPS) is 11.8. The summed E-state index contributed by atoms with van der Waals surface area (Å²) in [6, 6.07) is 17.1. The third kappa shape index (κ3) is 4.19. The summed E-state index contributed by atoms with van der Waals surface area (Å²) in [5, 5.41) is 13.5. The van der Waals surface area contributed by atoms with Crippen LogP contribution in [0.2, 0.25) is 0 Å². The van der Waals surface area contributed by atoms with E-state index in [9.17, 15) is 19.5 Å². The third-order valence-corrected chi connectivity index (χ3v) is 4.98. The first-order valence-electron chi connectivity index (χ1n) is 9.49. The van der Waals surface area contributed by atoms with E-state index in [4.69, 9.17) is 4.74 Å². The van der Waals surface area contributed by atoms with Crippen LogP contribution in [0.15, 0.2) is 60.7 Å². The van der Waals surface area contributed by atoms with E-state index >= 15 is 0 Å². The predicted molar refractivity (Wildman–Crippen MR) is 118 cm³/mol. The molecule has 3 aromatic carbocycles. The molecule has 2 N–H and O–H groups in total. The molecular formula is C25H23NO5. The number of fused-ring (bicyclic) bond motifs is 2. The largest absolute Gasteiger partial charge is 0.507 e. The Morgan fingerprint density at radius 1 is 0.903 bits per heavy atom. The van der Waals surface area contributed by atoms with Gasteiger partial charge in [-0.15, -0.1) is 0 Å². The number of carbonyl (C=O) groups is 3. The van der Waals surface area contributed by atoms with E-state index in [1.54, 1.807) is 30.3 Å². The second kappa shape index (κ2) is 8.83. The Labute approximate surface area is 180 Å². The summed E-state index contributed by atoms with van der Waals surface area (Å²) < 4.78 is 4.95. The monoisotopic (exact) mass is 417 g/mol. The molecule has 0 bridgehead atoms. The molecule has 3 aromatic rings. The van der Waals surface area contributed by atoms with Gasteiger partial charge in [-0.05, 0) is 29.8 Å². The molecule has 0 saturated heterocycles. The molecule has 1 aliphatic rings. The fraction of sp³-hybridized carbons (Fsp3) is 0.160. The molecule has 0 saturated carbocycles. The van der Waals surface area contributed by atoms with Crippen molar-refractivity contribution in [1.82, 2.24) is 0 Å². The van der Waals surface area contributed by atoms with E-state index < -0.39 is 0 Å². The van der Waals surface area contributed by atoms with Crippen LogP contribution in [0, 0.1) is 0 Å². The highest BCUT2D eigenvalue weighted by Gasteiger charge is 2.33. The number of esters is 1. The Hall–Kier alpha value is -3.93. The van der Waals surface area contributed by atoms with Crippen molar-refractivity contribution in [2.24, 2.45) is 0 Å². The first kappa shape index (κ1) is 21.8. The minimum Gasteiger partial charge on any atom is -0.507 e. The van der Waals surface area contributed by atoms with Gasteiger partial charge in [0.15, 0.2) is 11.6 Å². The quantitative estimate of drug-likeness (QED) is 0.363. The van der Waals surface area contributed by atoms with Crippen molar-refractivity contribution in [2.75, 3.05) is 11.9 Å². The summed E-state index contributed by atoms with van der Waals surface area (Å²) in [4.78, 5) is 36.9. The fourth-order valence-corrected chi connectivity index (χ4v) is 3.53. The van der Waals surface area contributed by atoms with Gasteiger partial charge in [-0.1, -0.05) is 43.8 Å². The maximum atomic E-state index is 13.1. The van der Waals surface area contributed by atoms with Crippen LogP contribution in [-0.4, -0.2) is 29.2 Å². The van der Waals surface area contributed by atoms with E-state index in [1.807, 2.05) is 24.3 Å². The van der Waals surface area contributed by atoms with Gasteiger partial charge < -0.3 is 15.2 Å². The van der Waals surface area contributed by atoms with E-state index in [1.165, 1.54) is 13.0 Å². The van der Waals surface area contributed by atoms with E-state index in [0.717, 1.165) is 11.3 Å². The lowest BCUT2D eigenvalue weighted by Crippen LogP contribution is -2.22. The van der Waals surface area contributed by atoms with Crippen LogP contribution in [-0.2, 0) is 16.0 Å². The van der Waals surface area contributed by atoms with Gasteiger partial charge in [-0.2, -0.15) is 0 Å². The standard InChI is InChI=1S/C24H19NO5.CH4/c1-14(26)30-13-12-15-6-8-16(9-7-15)25-19-10-11-20(27)22-21(19)23(28)17-4-2-3-5-18(17)24(22)29;/h2-11,25,27H,12-13H2,1H3;1H4. The highest BCUT2D eigenvalue weighted by atomic mass is 16.5. The number of ether oxygens (including phenoxy) is 1. The van der Waals surface area contributed by atoms with Crippen molar-refractivity contribution in [2.45, 2.75) is 20.8 Å². The molecule has 1 aliphatic carbocycles. The second-order valence-electron chi connectivity index (χ2n) is 7.00. The Morgan fingerprint density at radius 3 is 2.13 bits per heavy atom. The van der Waals surface area contributed by atoms with Crippen molar-refractivity contribution >= 4 is 28.9 Å². The van der Waals surface area contributed by atoms with Crippen molar-refractivity contribution in [3.8, 4) is 5.75 Å². The van der Waals surface area contributed by atoms with Gasteiger partial charge in [0.25, 0.3) is 0 Å². The molecule has 0 radical (unpaired) electrons. The molecule has 6 heteroatoms. The highest BCUT2D eigenvalue weighted by Crippen LogP contribution is 2.37. The first-order chi connectivity index (χ1) is 14.5. The lowest BCUT2D eigenvalue weighted by molar-refractivity contribution is -0.140. The fourth-order valence-electron chi connectivity index (χ4n) is 3.53. The predicted octanol–water partition coefficient (Wildman–Crippen LogP) is 4.65. The summed E-state index contributed by atoms with van der Waals surface area (Å²) in [7, 11) is 0. The molecule has 0 atom stereocenters. The smallest absolute Gasteiger partial charge is 0.302 e. The number of aromatic hydroxyl groups is 1. The van der Waals surface area contributed by atoms with Crippen molar-refractivity contribution in [3.63, 3.8) is 0 Å². The van der Waals surface area contributed by atoms with Crippen LogP contribution in [0.4, 0.5) is 11.4 Å². The van der Waals surface area contributed by atoms with Crippen molar-refractivity contribution in [3.05, 3.63) is 88.5 Å².